The normalized spacial score (nSPS) is 34.1. The summed E-state index contributed by atoms with van der Waals surface area (Å²) in [5.74, 6) is 3.49. The number of nitrogens with zero attached hydrogens (tertiary/aromatic N) is 1. The summed E-state index contributed by atoms with van der Waals surface area (Å²) in [6.45, 7) is 6.11. The first-order chi connectivity index (χ1) is 10.8. The van der Waals surface area contributed by atoms with Gasteiger partial charge in [-0.3, -0.25) is 4.90 Å². The maximum absolute atomic E-state index is 2.67. The van der Waals surface area contributed by atoms with Crippen LogP contribution in [0.3, 0.4) is 0 Å². The molecule has 1 nitrogen and oxygen atoms in total. The molecule has 0 radical (unpaired) electrons. The molecule has 4 rings (SSSR count). The first kappa shape index (κ1) is 14.3. The lowest BCUT2D eigenvalue weighted by atomic mass is 9.91. The summed E-state index contributed by atoms with van der Waals surface area (Å²) in [6.07, 6.45) is 11.3. The van der Waals surface area contributed by atoms with Gasteiger partial charge in [0.25, 0.3) is 0 Å². The second-order valence-electron chi connectivity index (χ2n) is 7.65. The van der Waals surface area contributed by atoms with Crippen LogP contribution >= 0.6 is 0 Å². The zero-order valence-corrected chi connectivity index (χ0v) is 13.6. The van der Waals surface area contributed by atoms with Crippen LogP contribution in [0.5, 0.6) is 0 Å². The van der Waals surface area contributed by atoms with E-state index < -0.39 is 0 Å². The van der Waals surface area contributed by atoms with Gasteiger partial charge in [0, 0.05) is 19.6 Å². The van der Waals surface area contributed by atoms with Crippen LogP contribution in [-0.4, -0.2) is 24.5 Å². The Morgan fingerprint density at radius 2 is 2.00 bits per heavy atom. The molecule has 1 aromatic carbocycles. The number of benzene rings is 1. The van der Waals surface area contributed by atoms with E-state index >= 15 is 0 Å². The fraction of sp³-hybridized carbons (Fsp3) is 0.524. The van der Waals surface area contributed by atoms with Crippen molar-refractivity contribution in [3.05, 3.63) is 59.7 Å². The number of allylic oxidation sites excluding steroid dienone is 2. The minimum atomic E-state index is 0.809. The summed E-state index contributed by atoms with van der Waals surface area (Å²) in [5.41, 5.74) is 3.05. The highest BCUT2D eigenvalue weighted by Gasteiger charge is 2.35. The van der Waals surface area contributed by atoms with Crippen LogP contribution in [0.1, 0.15) is 25.3 Å². The fourth-order valence-electron chi connectivity index (χ4n) is 4.23. The Morgan fingerprint density at radius 3 is 2.86 bits per heavy atom. The molecule has 2 unspecified atom stereocenters. The predicted molar refractivity (Wildman–Crippen MR) is 92.7 cm³/mol. The number of hydrogen-bond donors (Lipinski definition) is 0. The molecule has 2 aliphatic carbocycles. The third kappa shape index (κ3) is 3.20. The van der Waals surface area contributed by atoms with Crippen LogP contribution in [0.25, 0.3) is 0 Å². The van der Waals surface area contributed by atoms with Crippen molar-refractivity contribution in [1.82, 2.24) is 4.90 Å². The van der Waals surface area contributed by atoms with Crippen LogP contribution in [0.2, 0.25) is 0 Å². The lowest BCUT2D eigenvalue weighted by molar-refractivity contribution is 0.351. The summed E-state index contributed by atoms with van der Waals surface area (Å²) < 4.78 is 0. The minimum absolute atomic E-state index is 0.809. The van der Waals surface area contributed by atoms with Crippen molar-refractivity contribution in [2.45, 2.75) is 26.2 Å². The maximum atomic E-state index is 2.67. The van der Waals surface area contributed by atoms with Crippen LogP contribution in [0, 0.1) is 23.7 Å². The second-order valence-corrected chi connectivity index (χ2v) is 7.65. The van der Waals surface area contributed by atoms with E-state index in [9.17, 15) is 0 Å². The molecule has 3 aliphatic rings. The topological polar surface area (TPSA) is 3.24 Å². The molecular weight excluding hydrogens is 266 g/mol. The lowest BCUT2D eigenvalue weighted by Gasteiger charge is -2.17. The zero-order chi connectivity index (χ0) is 14.9. The van der Waals surface area contributed by atoms with Gasteiger partial charge in [-0.1, -0.05) is 55.5 Å². The van der Waals surface area contributed by atoms with E-state index in [0.29, 0.717) is 0 Å². The summed E-state index contributed by atoms with van der Waals surface area (Å²) >= 11 is 0. The van der Waals surface area contributed by atoms with Crippen molar-refractivity contribution in [1.29, 1.82) is 0 Å². The van der Waals surface area contributed by atoms with Crippen molar-refractivity contribution in [3.63, 3.8) is 0 Å². The third-order valence-corrected chi connectivity index (χ3v) is 5.81. The largest absolute Gasteiger partial charge is 0.299 e. The SMILES string of the molecule is C[C@H]1CN(CC2=CCC3CC3C=C2)C[C@@H]1Cc1ccccc1. The van der Waals surface area contributed by atoms with Crippen molar-refractivity contribution in [2.24, 2.45) is 23.7 Å². The minimum Gasteiger partial charge on any atom is -0.299 e. The fourth-order valence-corrected chi connectivity index (χ4v) is 4.23. The van der Waals surface area contributed by atoms with Gasteiger partial charge >= 0.3 is 0 Å². The van der Waals surface area contributed by atoms with Gasteiger partial charge in [-0.15, -0.1) is 0 Å². The molecule has 0 aromatic heterocycles. The summed E-state index contributed by atoms with van der Waals surface area (Å²) in [5, 5.41) is 0. The van der Waals surface area contributed by atoms with Crippen molar-refractivity contribution in [3.8, 4) is 0 Å². The van der Waals surface area contributed by atoms with Crippen LogP contribution < -0.4 is 0 Å². The molecule has 2 fully saturated rings. The molecule has 1 heteroatoms. The molecule has 22 heavy (non-hydrogen) atoms. The molecule has 1 aliphatic heterocycles. The van der Waals surface area contributed by atoms with Gasteiger partial charge in [0.2, 0.25) is 0 Å². The smallest absolute Gasteiger partial charge is 0.0230 e. The Bertz CT molecular complexity index is 571. The van der Waals surface area contributed by atoms with Gasteiger partial charge < -0.3 is 0 Å². The molecule has 1 heterocycles. The van der Waals surface area contributed by atoms with E-state index in [1.54, 1.807) is 5.57 Å². The van der Waals surface area contributed by atoms with Gasteiger partial charge in [-0.25, -0.2) is 0 Å². The van der Waals surface area contributed by atoms with E-state index in [1.165, 1.54) is 37.9 Å². The maximum Gasteiger partial charge on any atom is 0.0230 e. The molecular formula is C21H27N. The van der Waals surface area contributed by atoms with Gasteiger partial charge in [0.1, 0.15) is 0 Å². The van der Waals surface area contributed by atoms with Gasteiger partial charge in [0.05, 0.1) is 0 Å². The summed E-state index contributed by atoms with van der Waals surface area (Å²) in [7, 11) is 0. The summed E-state index contributed by atoms with van der Waals surface area (Å²) in [4.78, 5) is 2.67. The zero-order valence-electron chi connectivity index (χ0n) is 13.6. The monoisotopic (exact) mass is 293 g/mol. The first-order valence-corrected chi connectivity index (χ1v) is 8.91. The predicted octanol–water partition coefficient (Wildman–Crippen LogP) is 4.32. The highest BCUT2D eigenvalue weighted by Crippen LogP contribution is 2.44. The first-order valence-electron chi connectivity index (χ1n) is 8.91. The average molecular weight is 293 g/mol. The molecule has 1 saturated carbocycles. The molecule has 1 aromatic rings. The quantitative estimate of drug-likeness (QED) is 0.799. The Morgan fingerprint density at radius 1 is 1.14 bits per heavy atom. The average Bonchev–Trinajstić information content (AvgIpc) is 3.22. The number of rotatable bonds is 4. The summed E-state index contributed by atoms with van der Waals surface area (Å²) in [6, 6.07) is 11.0. The molecule has 0 bridgehead atoms. The molecule has 0 N–H and O–H groups in total. The lowest BCUT2D eigenvalue weighted by Crippen LogP contribution is -2.23. The molecule has 4 atom stereocenters. The molecule has 1 saturated heterocycles. The molecule has 116 valence electrons. The number of hydrogen-bond acceptors (Lipinski definition) is 1. The van der Waals surface area contributed by atoms with Crippen molar-refractivity contribution < 1.29 is 0 Å². The second kappa shape index (κ2) is 6.04. The van der Waals surface area contributed by atoms with E-state index in [0.717, 1.165) is 30.2 Å². The van der Waals surface area contributed by atoms with Crippen LogP contribution in [-0.2, 0) is 6.42 Å². The standard InChI is InChI=1S/C21H27N/c1-16-13-22(14-18-7-9-19-12-20(19)10-8-18)15-21(16)11-17-5-3-2-4-6-17/h2-9,16,19-21H,10-15H2,1H3/t16-,19?,20?,21-/m0/s1. The highest BCUT2D eigenvalue weighted by atomic mass is 15.1. The Kier molecular flexibility index (Phi) is 3.92. The number of likely N-dealkylation sites (tertiary alicyclic amines) is 1. The van der Waals surface area contributed by atoms with Gasteiger partial charge in [-0.05, 0) is 54.1 Å². The van der Waals surface area contributed by atoms with Crippen LogP contribution in [0.15, 0.2) is 54.1 Å². The highest BCUT2D eigenvalue weighted by molar-refractivity contribution is 5.27. The Balaban J connectivity index is 1.35. The Hall–Kier alpha value is -1.34. The third-order valence-electron chi connectivity index (χ3n) is 5.81. The van der Waals surface area contributed by atoms with E-state index in [2.05, 4.69) is 60.4 Å². The Labute approximate surface area is 134 Å². The number of fused-ring (bicyclic) bond motifs is 1. The van der Waals surface area contributed by atoms with Crippen molar-refractivity contribution >= 4 is 0 Å². The molecule has 0 spiro atoms. The molecule has 0 amide bonds. The van der Waals surface area contributed by atoms with Gasteiger partial charge in [-0.2, -0.15) is 0 Å². The van der Waals surface area contributed by atoms with Crippen LogP contribution in [0.4, 0.5) is 0 Å². The van der Waals surface area contributed by atoms with E-state index in [4.69, 9.17) is 0 Å². The van der Waals surface area contributed by atoms with Gasteiger partial charge in [0.15, 0.2) is 0 Å². The van der Waals surface area contributed by atoms with E-state index in [-0.39, 0.29) is 0 Å². The van der Waals surface area contributed by atoms with Crippen molar-refractivity contribution in [2.75, 3.05) is 19.6 Å². The van der Waals surface area contributed by atoms with E-state index in [1.807, 2.05) is 0 Å².